The molecule has 0 unspecified atom stereocenters. The number of aromatic hydroxyl groups is 1. The Morgan fingerprint density at radius 1 is 1.35 bits per heavy atom. The zero-order valence-corrected chi connectivity index (χ0v) is 16.7. The first kappa shape index (κ1) is 19.2. The molecule has 0 bridgehead atoms. The molecule has 7 nitrogen and oxygen atoms in total. The topological polar surface area (TPSA) is 85.6 Å². The number of ether oxygens (including phenoxy) is 1. The van der Waals surface area contributed by atoms with Crippen molar-refractivity contribution < 1.29 is 19.7 Å². The molecule has 1 aromatic rings. The van der Waals surface area contributed by atoms with Crippen molar-refractivity contribution in [3.63, 3.8) is 0 Å². The van der Waals surface area contributed by atoms with Crippen LogP contribution in [0.3, 0.4) is 0 Å². The van der Waals surface area contributed by atoms with E-state index in [0.29, 0.717) is 21.7 Å². The lowest BCUT2D eigenvalue weighted by molar-refractivity contribution is -0.113. The van der Waals surface area contributed by atoms with Gasteiger partial charge in [0, 0.05) is 32.7 Å². The zero-order valence-electron chi connectivity index (χ0n) is 14.3. The Hall–Kier alpha value is -1.55. The summed E-state index contributed by atoms with van der Waals surface area (Å²) < 4.78 is 5.64. The molecule has 1 saturated heterocycles. The minimum absolute atomic E-state index is 0.0257. The Morgan fingerprint density at radius 2 is 2.08 bits per heavy atom. The molecule has 1 aromatic carbocycles. The first-order valence-electron chi connectivity index (χ1n) is 8.19. The number of aliphatic imine (C=N–C) groups is 1. The van der Waals surface area contributed by atoms with E-state index >= 15 is 0 Å². The van der Waals surface area contributed by atoms with Crippen molar-refractivity contribution in [1.29, 1.82) is 0 Å². The summed E-state index contributed by atoms with van der Waals surface area (Å²) in [4.78, 5) is 21.3. The Morgan fingerprint density at radius 3 is 2.73 bits per heavy atom. The zero-order chi connectivity index (χ0) is 18.7. The number of β-amino-alcohol motifs (C(OH)–C–C–N with tert-alkyl or cyclic N) is 1. The quantitative estimate of drug-likeness (QED) is 0.688. The summed E-state index contributed by atoms with van der Waals surface area (Å²) in [7, 11) is 1.48. The molecule has 26 heavy (non-hydrogen) atoms. The minimum atomic E-state index is -0.258. The number of hydrogen-bond donors (Lipinski definition) is 2. The van der Waals surface area contributed by atoms with Gasteiger partial charge in [0.1, 0.15) is 0 Å². The fraction of sp³-hybridized carbons (Fsp3) is 0.412. The average Bonchev–Trinajstić information content (AvgIpc) is 2.99. The van der Waals surface area contributed by atoms with Crippen LogP contribution in [0.5, 0.6) is 11.5 Å². The van der Waals surface area contributed by atoms with E-state index < -0.39 is 0 Å². The summed E-state index contributed by atoms with van der Waals surface area (Å²) in [5, 5.41) is 19.6. The number of methoxy groups -OCH3 is 1. The first-order chi connectivity index (χ1) is 12.5. The third-order valence-corrected chi connectivity index (χ3v) is 5.89. The Balaban J connectivity index is 1.70. The number of hydrogen-bond acceptors (Lipinski definition) is 7. The van der Waals surface area contributed by atoms with E-state index in [-0.39, 0.29) is 18.3 Å². The van der Waals surface area contributed by atoms with Crippen LogP contribution in [-0.2, 0) is 4.79 Å². The Kier molecular flexibility index (Phi) is 6.23. The molecule has 0 aliphatic carbocycles. The van der Waals surface area contributed by atoms with Crippen LogP contribution < -0.4 is 4.74 Å². The van der Waals surface area contributed by atoms with Gasteiger partial charge >= 0.3 is 0 Å². The maximum atomic E-state index is 12.3. The van der Waals surface area contributed by atoms with E-state index in [1.54, 1.807) is 18.2 Å². The molecule has 2 heterocycles. The lowest BCUT2D eigenvalue weighted by atomic mass is 10.2. The molecule has 0 spiro atoms. The molecule has 1 amide bonds. The Bertz CT molecular complexity index is 761. The van der Waals surface area contributed by atoms with Crippen molar-refractivity contribution in [3.8, 4) is 11.5 Å². The predicted molar refractivity (Wildman–Crippen MR) is 105 cm³/mol. The number of benzene rings is 1. The van der Waals surface area contributed by atoms with Gasteiger partial charge in [-0.25, -0.2) is 0 Å². The van der Waals surface area contributed by atoms with E-state index in [2.05, 4.69) is 30.7 Å². The minimum Gasteiger partial charge on any atom is -0.503 e. The van der Waals surface area contributed by atoms with Gasteiger partial charge in [-0.2, -0.15) is 4.99 Å². The molecule has 2 N–H and O–H groups in total. The summed E-state index contributed by atoms with van der Waals surface area (Å²) in [6, 6.07) is 3.40. The second kappa shape index (κ2) is 8.43. The van der Waals surface area contributed by atoms with Crippen LogP contribution in [0.25, 0.3) is 6.08 Å². The summed E-state index contributed by atoms with van der Waals surface area (Å²) in [5.74, 6) is 0.103. The van der Waals surface area contributed by atoms with Gasteiger partial charge in [-0.1, -0.05) is 0 Å². The molecule has 0 saturated carbocycles. The fourth-order valence-corrected chi connectivity index (χ4v) is 4.25. The first-order valence-corrected chi connectivity index (χ1v) is 9.80. The molecule has 3 rings (SSSR count). The van der Waals surface area contributed by atoms with Crippen molar-refractivity contribution in [2.75, 3.05) is 46.4 Å². The van der Waals surface area contributed by atoms with Gasteiger partial charge in [-0.3, -0.25) is 9.69 Å². The van der Waals surface area contributed by atoms with Crippen molar-refractivity contribution in [3.05, 3.63) is 27.1 Å². The number of aliphatic hydroxyl groups excluding tert-OH is 1. The van der Waals surface area contributed by atoms with Crippen LogP contribution in [-0.4, -0.2) is 77.5 Å². The number of aliphatic hydroxyl groups is 1. The number of carbonyl (C=O) groups excluding carboxylic acids is 1. The summed E-state index contributed by atoms with van der Waals surface area (Å²) in [6.45, 7) is 4.09. The van der Waals surface area contributed by atoms with Crippen molar-refractivity contribution in [1.82, 2.24) is 9.80 Å². The second-order valence-electron chi connectivity index (χ2n) is 5.92. The standard InChI is InChI=1S/C17H20BrN3O4S/c1-25-13-9-11(8-12(18)15(13)23)10-14-16(24)19-17(26-14)21-4-2-20(3-5-21)6-7-22/h8-10,22-23H,2-7H2,1H3/b14-10+. The number of thioether (sulfide) groups is 1. The van der Waals surface area contributed by atoms with Gasteiger partial charge in [0.05, 0.1) is 23.1 Å². The lowest BCUT2D eigenvalue weighted by Gasteiger charge is -2.34. The van der Waals surface area contributed by atoms with Gasteiger partial charge in [-0.15, -0.1) is 0 Å². The molecule has 0 atom stereocenters. The highest BCUT2D eigenvalue weighted by Gasteiger charge is 2.28. The molecular weight excluding hydrogens is 422 g/mol. The van der Waals surface area contributed by atoms with Gasteiger partial charge < -0.3 is 19.8 Å². The SMILES string of the molecule is COc1cc(/C=C2/SC(N3CCN(CCO)CC3)=NC2=O)cc(Br)c1O. The van der Waals surface area contributed by atoms with E-state index in [1.165, 1.54) is 18.9 Å². The molecule has 9 heteroatoms. The molecular formula is C17H20BrN3O4S. The summed E-state index contributed by atoms with van der Waals surface area (Å²) in [6.07, 6.45) is 1.75. The number of carbonyl (C=O) groups is 1. The van der Waals surface area contributed by atoms with Crippen molar-refractivity contribution in [2.45, 2.75) is 0 Å². The normalized spacial score (nSPS) is 20.0. The van der Waals surface area contributed by atoms with E-state index in [9.17, 15) is 9.90 Å². The number of amides is 1. The average molecular weight is 442 g/mol. The third kappa shape index (κ3) is 4.22. The fourth-order valence-electron chi connectivity index (χ4n) is 2.82. The van der Waals surface area contributed by atoms with Gasteiger partial charge in [0.2, 0.25) is 0 Å². The maximum Gasteiger partial charge on any atom is 0.286 e. The highest BCUT2D eigenvalue weighted by atomic mass is 79.9. The monoisotopic (exact) mass is 441 g/mol. The molecule has 0 aromatic heterocycles. The van der Waals surface area contributed by atoms with Crippen LogP contribution in [0.15, 0.2) is 26.5 Å². The molecule has 1 fully saturated rings. The smallest absolute Gasteiger partial charge is 0.286 e. The highest BCUT2D eigenvalue weighted by Crippen LogP contribution is 2.37. The third-order valence-electron chi connectivity index (χ3n) is 4.24. The lowest BCUT2D eigenvalue weighted by Crippen LogP contribution is -2.48. The van der Waals surface area contributed by atoms with E-state index in [4.69, 9.17) is 9.84 Å². The van der Waals surface area contributed by atoms with E-state index in [1.807, 2.05) is 0 Å². The molecule has 2 aliphatic rings. The Labute approximate surface area is 164 Å². The molecule has 2 aliphatic heterocycles. The number of amidine groups is 1. The van der Waals surface area contributed by atoms with Gasteiger partial charge in [0.25, 0.3) is 5.91 Å². The summed E-state index contributed by atoms with van der Waals surface area (Å²) >= 11 is 4.64. The number of nitrogens with zero attached hydrogens (tertiary/aromatic N) is 3. The second-order valence-corrected chi connectivity index (χ2v) is 7.78. The van der Waals surface area contributed by atoms with Crippen molar-refractivity contribution >= 4 is 44.8 Å². The van der Waals surface area contributed by atoms with Crippen LogP contribution >= 0.6 is 27.7 Å². The number of phenolic OH excluding ortho intramolecular Hbond substituents is 1. The van der Waals surface area contributed by atoms with E-state index in [0.717, 1.165) is 36.9 Å². The molecule has 140 valence electrons. The number of phenols is 1. The van der Waals surface area contributed by atoms with Crippen LogP contribution in [0.2, 0.25) is 0 Å². The number of halogens is 1. The number of piperazine rings is 1. The van der Waals surface area contributed by atoms with Gasteiger partial charge in [-0.05, 0) is 51.5 Å². The highest BCUT2D eigenvalue weighted by molar-refractivity contribution is 9.10. The summed E-state index contributed by atoms with van der Waals surface area (Å²) in [5.41, 5.74) is 0.742. The van der Waals surface area contributed by atoms with Gasteiger partial charge in [0.15, 0.2) is 16.7 Å². The van der Waals surface area contributed by atoms with Crippen LogP contribution in [0.4, 0.5) is 0 Å². The van der Waals surface area contributed by atoms with Crippen molar-refractivity contribution in [2.24, 2.45) is 4.99 Å². The number of rotatable bonds is 4. The maximum absolute atomic E-state index is 12.3. The largest absolute Gasteiger partial charge is 0.503 e. The van der Waals surface area contributed by atoms with Crippen LogP contribution in [0, 0.1) is 0 Å². The molecule has 0 radical (unpaired) electrons. The van der Waals surface area contributed by atoms with Crippen LogP contribution in [0.1, 0.15) is 5.56 Å². The predicted octanol–water partition coefficient (Wildman–Crippen LogP) is 1.74.